The Labute approximate surface area is 126 Å². The van der Waals surface area contributed by atoms with Crippen molar-refractivity contribution in [3.05, 3.63) is 24.0 Å². The quantitative estimate of drug-likeness (QED) is 0.804. The Morgan fingerprint density at radius 2 is 1.86 bits per heavy atom. The van der Waals surface area contributed by atoms with Crippen molar-refractivity contribution in [3.63, 3.8) is 0 Å². The number of nitrogens with zero attached hydrogens (tertiary/aromatic N) is 3. The van der Waals surface area contributed by atoms with Crippen LogP contribution in [0.3, 0.4) is 0 Å². The van der Waals surface area contributed by atoms with Crippen LogP contribution in [-0.4, -0.2) is 55.4 Å². The molecule has 2 N–H and O–H groups in total. The van der Waals surface area contributed by atoms with Gasteiger partial charge in [0.2, 0.25) is 0 Å². The van der Waals surface area contributed by atoms with Crippen molar-refractivity contribution in [2.45, 2.75) is 18.8 Å². The molecule has 1 unspecified atom stereocenters. The van der Waals surface area contributed by atoms with E-state index in [2.05, 4.69) is 13.6 Å². The van der Waals surface area contributed by atoms with Gasteiger partial charge in [0.25, 0.3) is 0 Å². The Morgan fingerprint density at radius 1 is 1.24 bits per heavy atom. The summed E-state index contributed by atoms with van der Waals surface area (Å²) in [5, 5.41) is 15.6. The molecule has 3 aliphatic heterocycles. The van der Waals surface area contributed by atoms with Crippen molar-refractivity contribution in [1.82, 2.24) is 13.6 Å². The van der Waals surface area contributed by atoms with E-state index in [9.17, 15) is 9.59 Å². The van der Waals surface area contributed by atoms with E-state index in [4.69, 9.17) is 10.2 Å². The molecule has 4 heterocycles. The number of carboxylic acid groups (broad SMARTS) is 2. The fourth-order valence-electron chi connectivity index (χ4n) is 2.78. The Balaban J connectivity index is 0.000000177. The Morgan fingerprint density at radius 3 is 2.24 bits per heavy atom. The summed E-state index contributed by atoms with van der Waals surface area (Å²) in [6, 6.07) is 0. The van der Waals surface area contributed by atoms with Gasteiger partial charge in [-0.2, -0.15) is 8.75 Å². The molecule has 0 aliphatic carbocycles. The van der Waals surface area contributed by atoms with Gasteiger partial charge in [-0.25, -0.2) is 9.59 Å². The summed E-state index contributed by atoms with van der Waals surface area (Å²) in [6.07, 6.45) is 5.80. The van der Waals surface area contributed by atoms with Crippen LogP contribution in [0.15, 0.2) is 18.3 Å². The lowest BCUT2D eigenvalue weighted by Crippen LogP contribution is -2.46. The van der Waals surface area contributed by atoms with Gasteiger partial charge in [-0.1, -0.05) is 0 Å². The number of carboxylic acids is 2. The van der Waals surface area contributed by atoms with Crippen molar-refractivity contribution in [2.24, 2.45) is 5.92 Å². The highest BCUT2D eigenvalue weighted by molar-refractivity contribution is 6.99. The largest absolute Gasteiger partial charge is 0.478 e. The Kier molecular flexibility index (Phi) is 5.40. The minimum atomic E-state index is -1.26. The third kappa shape index (κ3) is 4.61. The van der Waals surface area contributed by atoms with E-state index in [1.165, 1.54) is 49.9 Å². The molecular formula is C13H17N3O4S. The van der Waals surface area contributed by atoms with Crippen LogP contribution in [0.5, 0.6) is 0 Å². The zero-order valence-corrected chi connectivity index (χ0v) is 12.2. The predicted molar refractivity (Wildman–Crippen MR) is 76.2 cm³/mol. The number of aromatic nitrogens is 2. The SMILES string of the molecule is O=C(O)/C=C/C(=O)O.c1nsnc1C1CN2CCC1CC2. The molecule has 2 bridgehead atoms. The van der Waals surface area contributed by atoms with Gasteiger partial charge in [-0.3, -0.25) is 0 Å². The third-order valence-electron chi connectivity index (χ3n) is 3.78. The van der Waals surface area contributed by atoms with Gasteiger partial charge < -0.3 is 15.1 Å². The summed E-state index contributed by atoms with van der Waals surface area (Å²) in [5.74, 6) is -0.949. The maximum absolute atomic E-state index is 9.55. The molecule has 114 valence electrons. The van der Waals surface area contributed by atoms with Crippen LogP contribution < -0.4 is 0 Å². The molecule has 8 heteroatoms. The lowest BCUT2D eigenvalue weighted by molar-refractivity contribution is -0.134. The van der Waals surface area contributed by atoms with E-state index >= 15 is 0 Å². The van der Waals surface area contributed by atoms with Crippen LogP contribution in [0.25, 0.3) is 0 Å². The van der Waals surface area contributed by atoms with Crippen molar-refractivity contribution in [2.75, 3.05) is 19.6 Å². The van der Waals surface area contributed by atoms with Gasteiger partial charge in [-0.15, -0.1) is 0 Å². The van der Waals surface area contributed by atoms with E-state index in [1.54, 1.807) is 0 Å². The standard InChI is InChI=1S/C9H13N3S.C4H4O4/c1-3-12-4-2-7(1)8(6-12)9-5-10-13-11-9;5-3(6)1-2-4(7)8/h5,7-8H,1-4,6H2;1-2H,(H,5,6)(H,7,8)/b;2-1+. The van der Waals surface area contributed by atoms with E-state index < -0.39 is 11.9 Å². The van der Waals surface area contributed by atoms with Gasteiger partial charge in [-0.05, 0) is 31.8 Å². The number of rotatable bonds is 3. The first-order valence-corrected chi connectivity index (χ1v) is 7.43. The lowest BCUT2D eigenvalue weighted by Gasteiger charge is -2.44. The molecule has 0 amide bonds. The molecular weight excluding hydrogens is 294 g/mol. The molecule has 0 spiro atoms. The zero-order valence-electron chi connectivity index (χ0n) is 11.4. The highest BCUT2D eigenvalue weighted by atomic mass is 32.1. The van der Waals surface area contributed by atoms with E-state index in [0.717, 1.165) is 5.92 Å². The van der Waals surface area contributed by atoms with Gasteiger partial charge in [0, 0.05) is 24.6 Å². The van der Waals surface area contributed by atoms with Crippen molar-refractivity contribution >= 4 is 23.7 Å². The fraction of sp³-hybridized carbons (Fsp3) is 0.538. The average Bonchev–Trinajstić information content (AvgIpc) is 3.01. The van der Waals surface area contributed by atoms with Crippen LogP contribution >= 0.6 is 11.7 Å². The molecule has 3 saturated heterocycles. The number of fused-ring (bicyclic) bond motifs is 3. The number of hydrogen-bond acceptors (Lipinski definition) is 6. The molecule has 21 heavy (non-hydrogen) atoms. The summed E-state index contributed by atoms with van der Waals surface area (Å²) in [5.41, 5.74) is 1.24. The molecule has 3 fully saturated rings. The second kappa shape index (κ2) is 7.28. The topological polar surface area (TPSA) is 104 Å². The van der Waals surface area contributed by atoms with Gasteiger partial charge >= 0.3 is 11.9 Å². The first kappa shape index (κ1) is 15.6. The maximum Gasteiger partial charge on any atom is 0.328 e. The minimum Gasteiger partial charge on any atom is -0.478 e. The smallest absolute Gasteiger partial charge is 0.328 e. The van der Waals surface area contributed by atoms with E-state index in [1.807, 2.05) is 6.20 Å². The normalized spacial score (nSPS) is 27.1. The molecule has 1 atom stereocenters. The van der Waals surface area contributed by atoms with Gasteiger partial charge in [0.05, 0.1) is 23.6 Å². The first-order chi connectivity index (χ1) is 10.1. The molecule has 7 nitrogen and oxygen atoms in total. The number of piperidine rings is 3. The number of carbonyl (C=O) groups is 2. The minimum absolute atomic E-state index is 0.558. The van der Waals surface area contributed by atoms with Crippen molar-refractivity contribution < 1.29 is 19.8 Å². The molecule has 1 aromatic rings. The highest BCUT2D eigenvalue weighted by Crippen LogP contribution is 2.37. The van der Waals surface area contributed by atoms with Crippen molar-refractivity contribution in [3.8, 4) is 0 Å². The van der Waals surface area contributed by atoms with Crippen LogP contribution in [0.2, 0.25) is 0 Å². The maximum atomic E-state index is 9.55. The molecule has 4 rings (SSSR count). The zero-order chi connectivity index (χ0) is 15.2. The van der Waals surface area contributed by atoms with E-state index in [0.29, 0.717) is 18.1 Å². The van der Waals surface area contributed by atoms with Crippen LogP contribution in [0.4, 0.5) is 0 Å². The monoisotopic (exact) mass is 311 g/mol. The molecule has 3 aliphatic rings. The van der Waals surface area contributed by atoms with Crippen molar-refractivity contribution in [1.29, 1.82) is 0 Å². The Hall–Kier alpha value is -1.80. The summed E-state index contributed by atoms with van der Waals surface area (Å²) < 4.78 is 8.46. The molecule has 0 aromatic carbocycles. The fourth-order valence-corrected chi connectivity index (χ4v) is 3.26. The van der Waals surface area contributed by atoms with Gasteiger partial charge in [0.15, 0.2) is 0 Å². The molecule has 1 aromatic heterocycles. The number of hydrogen-bond donors (Lipinski definition) is 2. The molecule has 0 saturated carbocycles. The van der Waals surface area contributed by atoms with Crippen LogP contribution in [0.1, 0.15) is 24.5 Å². The summed E-state index contributed by atoms with van der Waals surface area (Å²) in [7, 11) is 0. The van der Waals surface area contributed by atoms with Gasteiger partial charge in [0.1, 0.15) is 0 Å². The second-order valence-electron chi connectivity index (χ2n) is 5.09. The lowest BCUT2D eigenvalue weighted by atomic mass is 9.78. The highest BCUT2D eigenvalue weighted by Gasteiger charge is 2.35. The Bertz CT molecular complexity index is 493. The molecule has 0 radical (unpaired) electrons. The van der Waals surface area contributed by atoms with Crippen LogP contribution in [0, 0.1) is 5.92 Å². The second-order valence-corrected chi connectivity index (χ2v) is 5.64. The van der Waals surface area contributed by atoms with E-state index in [-0.39, 0.29) is 0 Å². The number of aliphatic carboxylic acids is 2. The van der Waals surface area contributed by atoms with Crippen LogP contribution in [-0.2, 0) is 9.59 Å². The summed E-state index contributed by atoms with van der Waals surface area (Å²) >= 11 is 1.34. The summed E-state index contributed by atoms with van der Waals surface area (Å²) in [4.78, 5) is 21.7. The summed E-state index contributed by atoms with van der Waals surface area (Å²) in [6.45, 7) is 3.83. The predicted octanol–water partition coefficient (Wildman–Crippen LogP) is 1.06. The average molecular weight is 311 g/mol. The third-order valence-corrected chi connectivity index (χ3v) is 4.28. The first-order valence-electron chi connectivity index (χ1n) is 6.70.